The Morgan fingerprint density at radius 3 is 2.37 bits per heavy atom. The number of carboxylic acid groups (broad SMARTS) is 1. The Morgan fingerprint density at radius 1 is 1.37 bits per heavy atom. The zero-order valence-electron chi connectivity index (χ0n) is 10.7. The number of nitrogens with two attached hydrogens (primary N) is 1. The summed E-state index contributed by atoms with van der Waals surface area (Å²) in [5, 5.41) is 10.9. The molecule has 0 aromatic carbocycles. The number of aliphatic carboxylic acids is 1. The second-order valence-corrected chi connectivity index (χ2v) is 3.76. The molecule has 0 fully saturated rings. The zero-order chi connectivity index (χ0) is 15.0. The van der Waals surface area contributed by atoms with Gasteiger partial charge in [0.25, 0.3) is 0 Å². The summed E-state index contributed by atoms with van der Waals surface area (Å²) in [5.74, 6) is -2.70. The maximum absolute atomic E-state index is 11.6. The monoisotopic (exact) mass is 275 g/mol. The lowest BCUT2D eigenvalue weighted by atomic mass is 10.2. The summed E-state index contributed by atoms with van der Waals surface area (Å²) in [5.41, 5.74) is 4.87. The number of urea groups is 1. The molecule has 1 atom stereocenters. The first-order valence-corrected chi connectivity index (χ1v) is 5.37. The summed E-state index contributed by atoms with van der Waals surface area (Å²) in [4.78, 5) is 45.0. The van der Waals surface area contributed by atoms with Crippen LogP contribution in [0.5, 0.6) is 0 Å². The van der Waals surface area contributed by atoms with Crippen LogP contribution in [0, 0.1) is 0 Å². The van der Waals surface area contributed by atoms with E-state index in [0.29, 0.717) is 0 Å². The predicted octanol–water partition coefficient (Wildman–Crippen LogP) is -1.48. The molecule has 4 N–H and O–H groups in total. The molecule has 108 valence electrons. The van der Waals surface area contributed by atoms with Crippen LogP contribution in [0.1, 0.15) is 12.8 Å². The molecule has 0 rings (SSSR count). The number of carbonyl (C=O) groups is 4. The highest BCUT2D eigenvalue weighted by Crippen LogP contribution is 1.96. The highest BCUT2D eigenvalue weighted by molar-refractivity contribution is 5.87. The summed E-state index contributed by atoms with van der Waals surface area (Å²) in [6.07, 6.45) is -0.528. The zero-order valence-corrected chi connectivity index (χ0v) is 10.7. The van der Waals surface area contributed by atoms with Crippen LogP contribution < -0.4 is 11.1 Å². The van der Waals surface area contributed by atoms with Gasteiger partial charge in [0.15, 0.2) is 0 Å². The Hall–Kier alpha value is -2.32. The Bertz CT molecular complexity index is 370. The van der Waals surface area contributed by atoms with Crippen molar-refractivity contribution in [2.75, 3.05) is 20.7 Å². The van der Waals surface area contributed by atoms with Gasteiger partial charge in [-0.3, -0.25) is 9.59 Å². The molecular formula is C10H17N3O6. The standard InChI is InChI=1S/C10H17N3O6/c1-13(4-3-8(15)19-2)10(18)12-6(9(16)17)5-7(11)14/h6H,3-5H2,1-2H3,(H2,11,14)(H,12,18)(H,16,17). The highest BCUT2D eigenvalue weighted by atomic mass is 16.5. The number of hydrogen-bond acceptors (Lipinski definition) is 5. The van der Waals surface area contributed by atoms with Crippen molar-refractivity contribution in [2.24, 2.45) is 5.73 Å². The molecule has 0 bridgehead atoms. The lowest BCUT2D eigenvalue weighted by Gasteiger charge is -2.20. The van der Waals surface area contributed by atoms with Crippen molar-refractivity contribution in [1.29, 1.82) is 0 Å². The fourth-order valence-corrected chi connectivity index (χ4v) is 1.12. The molecule has 0 aliphatic carbocycles. The smallest absolute Gasteiger partial charge is 0.326 e. The molecule has 0 aromatic heterocycles. The average Bonchev–Trinajstić information content (AvgIpc) is 2.33. The van der Waals surface area contributed by atoms with Crippen molar-refractivity contribution in [1.82, 2.24) is 10.2 Å². The molecule has 0 saturated carbocycles. The van der Waals surface area contributed by atoms with E-state index in [0.717, 1.165) is 4.90 Å². The minimum atomic E-state index is -1.40. The van der Waals surface area contributed by atoms with E-state index in [1.165, 1.54) is 14.2 Å². The Morgan fingerprint density at radius 2 is 1.95 bits per heavy atom. The lowest BCUT2D eigenvalue weighted by Crippen LogP contribution is -2.48. The third-order valence-electron chi connectivity index (χ3n) is 2.23. The molecule has 9 nitrogen and oxygen atoms in total. The van der Waals surface area contributed by atoms with E-state index in [1.807, 2.05) is 0 Å². The Labute approximate surface area is 109 Å². The molecule has 0 radical (unpaired) electrons. The molecule has 0 aliphatic rings. The highest BCUT2D eigenvalue weighted by Gasteiger charge is 2.23. The van der Waals surface area contributed by atoms with Crippen molar-refractivity contribution in [3.63, 3.8) is 0 Å². The minimum Gasteiger partial charge on any atom is -0.480 e. The van der Waals surface area contributed by atoms with Gasteiger partial charge >= 0.3 is 18.0 Å². The molecule has 0 spiro atoms. The number of hydrogen-bond donors (Lipinski definition) is 3. The van der Waals surface area contributed by atoms with Gasteiger partial charge in [-0.1, -0.05) is 0 Å². The summed E-state index contributed by atoms with van der Waals surface area (Å²) in [7, 11) is 2.59. The molecule has 3 amide bonds. The van der Waals surface area contributed by atoms with E-state index in [2.05, 4.69) is 10.1 Å². The van der Waals surface area contributed by atoms with Gasteiger partial charge < -0.3 is 25.8 Å². The first-order valence-electron chi connectivity index (χ1n) is 5.37. The topological polar surface area (TPSA) is 139 Å². The van der Waals surface area contributed by atoms with Gasteiger partial charge in [-0.05, 0) is 0 Å². The quantitative estimate of drug-likeness (QED) is 0.484. The number of methoxy groups -OCH3 is 1. The SMILES string of the molecule is COC(=O)CCN(C)C(=O)NC(CC(N)=O)C(=O)O. The number of nitrogens with one attached hydrogen (secondary N) is 1. The van der Waals surface area contributed by atoms with Crippen molar-refractivity contribution in [3.8, 4) is 0 Å². The lowest BCUT2D eigenvalue weighted by molar-refractivity contribution is -0.141. The maximum atomic E-state index is 11.6. The van der Waals surface area contributed by atoms with E-state index in [9.17, 15) is 19.2 Å². The molecule has 0 heterocycles. The van der Waals surface area contributed by atoms with Crippen LogP contribution in [0.2, 0.25) is 0 Å². The summed E-state index contributed by atoms with van der Waals surface area (Å²) >= 11 is 0. The van der Waals surface area contributed by atoms with Gasteiger partial charge in [0.1, 0.15) is 6.04 Å². The predicted molar refractivity (Wildman–Crippen MR) is 63.0 cm³/mol. The fraction of sp³-hybridized carbons (Fsp3) is 0.600. The molecular weight excluding hydrogens is 258 g/mol. The van der Waals surface area contributed by atoms with Crippen LogP contribution >= 0.6 is 0 Å². The van der Waals surface area contributed by atoms with Crippen molar-refractivity contribution in [2.45, 2.75) is 18.9 Å². The van der Waals surface area contributed by atoms with Crippen LogP contribution in [-0.4, -0.2) is 60.6 Å². The second kappa shape index (κ2) is 7.90. The number of carbonyl (C=O) groups excluding carboxylic acids is 3. The van der Waals surface area contributed by atoms with Gasteiger partial charge in [-0.15, -0.1) is 0 Å². The number of nitrogens with zero attached hydrogens (tertiary/aromatic N) is 1. The van der Waals surface area contributed by atoms with Gasteiger partial charge in [-0.25, -0.2) is 9.59 Å². The molecule has 19 heavy (non-hydrogen) atoms. The minimum absolute atomic E-state index is 0.0199. The number of rotatable bonds is 7. The maximum Gasteiger partial charge on any atom is 0.326 e. The summed E-state index contributed by atoms with van der Waals surface area (Å²) in [6, 6.07) is -2.12. The number of primary amides is 1. The van der Waals surface area contributed by atoms with E-state index in [4.69, 9.17) is 10.8 Å². The second-order valence-electron chi connectivity index (χ2n) is 3.76. The third kappa shape index (κ3) is 6.86. The molecule has 9 heteroatoms. The number of amides is 3. The van der Waals surface area contributed by atoms with E-state index in [-0.39, 0.29) is 13.0 Å². The third-order valence-corrected chi connectivity index (χ3v) is 2.23. The normalized spacial score (nSPS) is 11.3. The van der Waals surface area contributed by atoms with Crippen LogP contribution in [0.3, 0.4) is 0 Å². The van der Waals surface area contributed by atoms with Crippen molar-refractivity contribution >= 4 is 23.9 Å². The van der Waals surface area contributed by atoms with Gasteiger partial charge in [-0.2, -0.15) is 0 Å². The molecule has 1 unspecified atom stereocenters. The van der Waals surface area contributed by atoms with Crippen LogP contribution in [0.25, 0.3) is 0 Å². The number of esters is 1. The van der Waals surface area contributed by atoms with Gasteiger partial charge in [0, 0.05) is 13.6 Å². The van der Waals surface area contributed by atoms with Crippen LogP contribution in [0.4, 0.5) is 4.79 Å². The molecule has 0 saturated heterocycles. The average molecular weight is 275 g/mol. The van der Waals surface area contributed by atoms with Crippen LogP contribution in [-0.2, 0) is 19.1 Å². The van der Waals surface area contributed by atoms with E-state index >= 15 is 0 Å². The molecule has 0 aromatic rings. The number of ether oxygens (including phenoxy) is 1. The van der Waals surface area contributed by atoms with Crippen LogP contribution in [0.15, 0.2) is 0 Å². The van der Waals surface area contributed by atoms with Gasteiger partial charge in [0.05, 0.1) is 20.0 Å². The Balaban J connectivity index is 4.35. The Kier molecular flexibility index (Phi) is 6.94. The summed E-state index contributed by atoms with van der Waals surface area (Å²) in [6.45, 7) is 0.0570. The van der Waals surface area contributed by atoms with E-state index in [1.54, 1.807) is 0 Å². The molecule has 0 aliphatic heterocycles. The number of carboxylic acids is 1. The first kappa shape index (κ1) is 16.7. The van der Waals surface area contributed by atoms with Gasteiger partial charge in [0.2, 0.25) is 5.91 Å². The first-order chi connectivity index (χ1) is 8.77. The largest absolute Gasteiger partial charge is 0.480 e. The summed E-state index contributed by atoms with van der Waals surface area (Å²) < 4.78 is 4.40. The van der Waals surface area contributed by atoms with Crippen molar-refractivity contribution < 1.29 is 29.0 Å². The van der Waals surface area contributed by atoms with Crippen molar-refractivity contribution in [3.05, 3.63) is 0 Å². The fourth-order valence-electron chi connectivity index (χ4n) is 1.12. The van der Waals surface area contributed by atoms with E-state index < -0.39 is 36.3 Å².